The maximum absolute atomic E-state index is 5.65. The largest absolute Gasteiger partial charge is 0.271 e. The molecule has 0 radical (unpaired) electrons. The van der Waals surface area contributed by atoms with Crippen molar-refractivity contribution < 1.29 is 0 Å². The second-order valence-electron chi connectivity index (χ2n) is 4.51. The highest BCUT2D eigenvalue weighted by molar-refractivity contribution is 7.99. The van der Waals surface area contributed by atoms with Crippen LogP contribution in [0.4, 0.5) is 0 Å². The van der Waals surface area contributed by atoms with Gasteiger partial charge in [-0.05, 0) is 18.7 Å². The van der Waals surface area contributed by atoms with Crippen LogP contribution in [-0.4, -0.2) is 27.3 Å². The molecule has 0 bridgehead atoms. The number of nitrogens with zero attached hydrogens (tertiary/aromatic N) is 2. The van der Waals surface area contributed by atoms with E-state index in [1.54, 1.807) is 0 Å². The van der Waals surface area contributed by atoms with Gasteiger partial charge in [-0.1, -0.05) is 25.1 Å². The van der Waals surface area contributed by atoms with Gasteiger partial charge >= 0.3 is 0 Å². The highest BCUT2D eigenvalue weighted by atomic mass is 32.2. The first-order valence-corrected chi connectivity index (χ1v) is 7.93. The van der Waals surface area contributed by atoms with Crippen LogP contribution in [0.3, 0.4) is 0 Å². The number of para-hydroxylation sites is 1. The van der Waals surface area contributed by atoms with Crippen LogP contribution in [0.15, 0.2) is 24.3 Å². The lowest BCUT2D eigenvalue weighted by atomic mass is 10.1. The standard InChI is InChI=1S/C14H22N4S/c1-3-18-14-8-6-5-7-12(14)13(17-18)9-11(16-15)10-19-4-2/h5-8,11,16H,3-4,9-10,15H2,1-2H3. The minimum Gasteiger partial charge on any atom is -0.271 e. The Labute approximate surface area is 118 Å². The van der Waals surface area contributed by atoms with Crippen LogP contribution >= 0.6 is 11.8 Å². The summed E-state index contributed by atoms with van der Waals surface area (Å²) in [5.74, 6) is 7.77. The SMILES string of the molecule is CCSCC(Cc1nn(CC)c2ccccc12)NN. The van der Waals surface area contributed by atoms with Gasteiger partial charge in [-0.3, -0.25) is 16.0 Å². The summed E-state index contributed by atoms with van der Waals surface area (Å²) in [5, 5.41) is 5.96. The zero-order valence-corrected chi connectivity index (χ0v) is 12.4. The Morgan fingerprint density at radius 2 is 2.16 bits per heavy atom. The highest BCUT2D eigenvalue weighted by Gasteiger charge is 2.14. The van der Waals surface area contributed by atoms with Crippen molar-refractivity contribution >= 4 is 22.7 Å². The zero-order valence-electron chi connectivity index (χ0n) is 11.6. The summed E-state index contributed by atoms with van der Waals surface area (Å²) in [6.45, 7) is 5.18. The van der Waals surface area contributed by atoms with Crippen LogP contribution in [-0.2, 0) is 13.0 Å². The van der Waals surface area contributed by atoms with Crippen molar-refractivity contribution in [2.75, 3.05) is 11.5 Å². The van der Waals surface area contributed by atoms with E-state index in [1.807, 2.05) is 11.8 Å². The molecule has 2 rings (SSSR count). The van der Waals surface area contributed by atoms with Crippen molar-refractivity contribution in [3.63, 3.8) is 0 Å². The Kier molecular flexibility index (Phi) is 5.24. The number of hydrogen-bond acceptors (Lipinski definition) is 4. The molecule has 0 aliphatic carbocycles. The quantitative estimate of drug-likeness (QED) is 0.602. The van der Waals surface area contributed by atoms with Crippen LogP contribution < -0.4 is 11.3 Å². The first kappa shape index (κ1) is 14.4. The van der Waals surface area contributed by atoms with E-state index in [0.717, 1.165) is 30.2 Å². The summed E-state index contributed by atoms with van der Waals surface area (Å²) >= 11 is 1.90. The topological polar surface area (TPSA) is 55.9 Å². The predicted octanol–water partition coefficient (Wildman–Crippen LogP) is 2.18. The summed E-state index contributed by atoms with van der Waals surface area (Å²) < 4.78 is 2.06. The van der Waals surface area contributed by atoms with Gasteiger partial charge in [0.2, 0.25) is 0 Å². The number of nitrogens with one attached hydrogen (secondary N) is 1. The van der Waals surface area contributed by atoms with Crippen molar-refractivity contribution in [2.24, 2.45) is 5.84 Å². The number of hydrazine groups is 1. The molecule has 0 aliphatic rings. The zero-order chi connectivity index (χ0) is 13.7. The van der Waals surface area contributed by atoms with Gasteiger partial charge in [-0.15, -0.1) is 0 Å². The van der Waals surface area contributed by atoms with E-state index in [2.05, 4.69) is 48.2 Å². The minimum atomic E-state index is 0.272. The molecule has 0 fully saturated rings. The highest BCUT2D eigenvalue weighted by Crippen LogP contribution is 2.20. The molecule has 104 valence electrons. The lowest BCUT2D eigenvalue weighted by Crippen LogP contribution is -2.38. The van der Waals surface area contributed by atoms with Crippen molar-refractivity contribution in [3.05, 3.63) is 30.0 Å². The van der Waals surface area contributed by atoms with E-state index in [0.29, 0.717) is 0 Å². The fourth-order valence-electron chi connectivity index (χ4n) is 2.25. The number of aromatic nitrogens is 2. The maximum Gasteiger partial charge on any atom is 0.0719 e. The number of rotatable bonds is 7. The van der Waals surface area contributed by atoms with Gasteiger partial charge in [0, 0.05) is 30.1 Å². The summed E-state index contributed by atoms with van der Waals surface area (Å²) in [6.07, 6.45) is 0.872. The van der Waals surface area contributed by atoms with Crippen molar-refractivity contribution in [1.82, 2.24) is 15.2 Å². The molecular formula is C14H22N4S. The van der Waals surface area contributed by atoms with E-state index in [9.17, 15) is 0 Å². The number of thioether (sulfide) groups is 1. The Morgan fingerprint density at radius 3 is 2.84 bits per heavy atom. The molecule has 1 heterocycles. The van der Waals surface area contributed by atoms with Gasteiger partial charge < -0.3 is 0 Å². The van der Waals surface area contributed by atoms with Crippen LogP contribution in [0.1, 0.15) is 19.5 Å². The number of benzene rings is 1. The molecule has 19 heavy (non-hydrogen) atoms. The third kappa shape index (κ3) is 3.29. The minimum absolute atomic E-state index is 0.272. The number of aryl methyl sites for hydroxylation is 1. The van der Waals surface area contributed by atoms with Crippen LogP contribution in [0.2, 0.25) is 0 Å². The molecule has 1 aromatic carbocycles. The molecule has 1 unspecified atom stereocenters. The summed E-state index contributed by atoms with van der Waals surface area (Å²) in [4.78, 5) is 0. The average molecular weight is 278 g/mol. The van der Waals surface area contributed by atoms with E-state index in [4.69, 9.17) is 10.9 Å². The lowest BCUT2D eigenvalue weighted by Gasteiger charge is -2.13. The smallest absolute Gasteiger partial charge is 0.0719 e. The molecule has 3 N–H and O–H groups in total. The fourth-order valence-corrected chi connectivity index (χ4v) is 2.98. The van der Waals surface area contributed by atoms with E-state index in [1.165, 1.54) is 10.9 Å². The van der Waals surface area contributed by atoms with Gasteiger partial charge in [0.25, 0.3) is 0 Å². The summed E-state index contributed by atoms with van der Waals surface area (Å²) in [6, 6.07) is 8.67. The first-order valence-electron chi connectivity index (χ1n) is 6.78. The van der Waals surface area contributed by atoms with Crippen molar-refractivity contribution in [3.8, 4) is 0 Å². The predicted molar refractivity (Wildman–Crippen MR) is 83.2 cm³/mol. The molecule has 4 nitrogen and oxygen atoms in total. The monoisotopic (exact) mass is 278 g/mol. The Balaban J connectivity index is 2.24. The van der Waals surface area contributed by atoms with Gasteiger partial charge in [0.05, 0.1) is 11.2 Å². The second-order valence-corrected chi connectivity index (χ2v) is 5.83. The molecule has 0 aliphatic heterocycles. The third-order valence-electron chi connectivity index (χ3n) is 3.23. The lowest BCUT2D eigenvalue weighted by molar-refractivity contribution is 0.561. The van der Waals surface area contributed by atoms with Gasteiger partial charge in [-0.25, -0.2) is 0 Å². The molecule has 0 saturated carbocycles. The van der Waals surface area contributed by atoms with Crippen molar-refractivity contribution in [2.45, 2.75) is 32.9 Å². The number of hydrogen-bond donors (Lipinski definition) is 2. The van der Waals surface area contributed by atoms with E-state index in [-0.39, 0.29) is 6.04 Å². The molecule has 0 spiro atoms. The molecule has 1 aromatic heterocycles. The van der Waals surface area contributed by atoms with E-state index >= 15 is 0 Å². The average Bonchev–Trinajstić information content (AvgIpc) is 2.81. The summed E-state index contributed by atoms with van der Waals surface area (Å²) in [7, 11) is 0. The molecule has 1 atom stereocenters. The molecule has 0 amide bonds. The maximum atomic E-state index is 5.65. The van der Waals surface area contributed by atoms with Crippen LogP contribution in [0.25, 0.3) is 10.9 Å². The Hall–Kier alpha value is -1.04. The van der Waals surface area contributed by atoms with Crippen molar-refractivity contribution in [1.29, 1.82) is 0 Å². The molecule has 2 aromatic rings. The Bertz CT molecular complexity index is 523. The molecule has 0 saturated heterocycles. The number of nitrogens with two attached hydrogens (primary N) is 1. The molecule has 5 heteroatoms. The van der Waals surface area contributed by atoms with Crippen LogP contribution in [0.5, 0.6) is 0 Å². The first-order chi connectivity index (χ1) is 9.30. The van der Waals surface area contributed by atoms with Gasteiger partial charge in [0.15, 0.2) is 0 Å². The summed E-state index contributed by atoms with van der Waals surface area (Å²) in [5.41, 5.74) is 5.25. The van der Waals surface area contributed by atoms with Crippen LogP contribution in [0, 0.1) is 0 Å². The normalized spacial score (nSPS) is 13.0. The fraction of sp³-hybridized carbons (Fsp3) is 0.500. The van der Waals surface area contributed by atoms with Gasteiger partial charge in [-0.2, -0.15) is 16.9 Å². The second kappa shape index (κ2) is 6.93. The van der Waals surface area contributed by atoms with Gasteiger partial charge in [0.1, 0.15) is 0 Å². The number of fused-ring (bicyclic) bond motifs is 1. The molecular weight excluding hydrogens is 256 g/mol. The van der Waals surface area contributed by atoms with E-state index < -0.39 is 0 Å². The third-order valence-corrected chi connectivity index (χ3v) is 4.28. The Morgan fingerprint density at radius 1 is 1.37 bits per heavy atom.